The normalized spacial score (nSPS) is 11.5. The first-order chi connectivity index (χ1) is 12.0. The number of hydrogen-bond acceptors (Lipinski definition) is 3. The zero-order valence-electron chi connectivity index (χ0n) is 14.8. The Morgan fingerprint density at radius 2 is 1.96 bits per heavy atom. The molecule has 25 heavy (non-hydrogen) atoms. The van der Waals surface area contributed by atoms with Gasteiger partial charge in [-0.05, 0) is 60.8 Å². The van der Waals surface area contributed by atoms with E-state index in [9.17, 15) is 4.79 Å². The first kappa shape index (κ1) is 18.9. The van der Waals surface area contributed by atoms with Gasteiger partial charge >= 0.3 is 0 Å². The molecule has 2 rings (SSSR count). The minimum atomic E-state index is -0.292. The van der Waals surface area contributed by atoms with Crippen molar-refractivity contribution in [1.29, 1.82) is 0 Å². The SMILES string of the molecule is CC[C@@H](C)c1ccccc1NC(=S)NC(=O)COc1cccc(C)c1. The molecule has 1 atom stereocenters. The second-order valence-corrected chi connectivity index (χ2v) is 6.41. The smallest absolute Gasteiger partial charge is 0.264 e. The van der Waals surface area contributed by atoms with Crippen LogP contribution in [-0.4, -0.2) is 17.6 Å². The van der Waals surface area contributed by atoms with Crippen molar-refractivity contribution >= 4 is 28.9 Å². The number of aryl methyl sites for hydroxylation is 1. The van der Waals surface area contributed by atoms with E-state index in [1.807, 2.05) is 49.4 Å². The topological polar surface area (TPSA) is 50.4 Å². The number of carbonyl (C=O) groups excluding carboxylic acids is 1. The van der Waals surface area contributed by atoms with Gasteiger partial charge in [-0.2, -0.15) is 0 Å². The minimum absolute atomic E-state index is 0.0850. The lowest BCUT2D eigenvalue weighted by Crippen LogP contribution is -2.37. The maximum absolute atomic E-state index is 12.0. The molecule has 0 aliphatic carbocycles. The van der Waals surface area contributed by atoms with Crippen LogP contribution < -0.4 is 15.4 Å². The van der Waals surface area contributed by atoms with Gasteiger partial charge < -0.3 is 10.1 Å². The second-order valence-electron chi connectivity index (χ2n) is 6.00. The van der Waals surface area contributed by atoms with Crippen molar-refractivity contribution in [3.8, 4) is 5.75 Å². The number of benzene rings is 2. The van der Waals surface area contributed by atoms with Crippen molar-refractivity contribution in [3.05, 3.63) is 59.7 Å². The average Bonchev–Trinajstić information content (AvgIpc) is 2.60. The molecule has 0 radical (unpaired) electrons. The number of amides is 1. The van der Waals surface area contributed by atoms with Crippen LogP contribution in [0.3, 0.4) is 0 Å². The van der Waals surface area contributed by atoms with Crippen LogP contribution in [0.4, 0.5) is 5.69 Å². The van der Waals surface area contributed by atoms with Gasteiger partial charge in [0.05, 0.1) is 0 Å². The average molecular weight is 356 g/mol. The highest BCUT2D eigenvalue weighted by Gasteiger charge is 2.11. The van der Waals surface area contributed by atoms with Crippen molar-refractivity contribution in [1.82, 2.24) is 5.32 Å². The zero-order chi connectivity index (χ0) is 18.2. The molecule has 2 aromatic carbocycles. The van der Waals surface area contributed by atoms with E-state index >= 15 is 0 Å². The first-order valence-corrected chi connectivity index (χ1v) is 8.79. The molecule has 0 spiro atoms. The highest BCUT2D eigenvalue weighted by Crippen LogP contribution is 2.26. The fourth-order valence-electron chi connectivity index (χ4n) is 2.43. The van der Waals surface area contributed by atoms with Gasteiger partial charge in [-0.15, -0.1) is 0 Å². The Morgan fingerprint density at radius 3 is 2.68 bits per heavy atom. The molecule has 5 heteroatoms. The van der Waals surface area contributed by atoms with E-state index < -0.39 is 0 Å². The summed E-state index contributed by atoms with van der Waals surface area (Å²) in [6, 6.07) is 15.5. The Bertz CT molecular complexity index is 746. The Kier molecular flexibility index (Phi) is 6.95. The standard InChI is InChI=1S/C20H24N2O2S/c1-4-15(3)17-10-5-6-11-18(17)21-20(25)22-19(23)13-24-16-9-7-8-14(2)12-16/h5-12,15H,4,13H2,1-3H3,(H2,21,22,23,25)/t15-/m1/s1. The number of para-hydroxylation sites is 1. The molecule has 0 heterocycles. The third-order valence-corrected chi connectivity index (χ3v) is 4.17. The fraction of sp³-hybridized carbons (Fsp3) is 0.300. The van der Waals surface area contributed by atoms with E-state index in [1.54, 1.807) is 0 Å². The number of ether oxygens (including phenoxy) is 1. The summed E-state index contributed by atoms with van der Waals surface area (Å²) in [6.07, 6.45) is 1.03. The molecular weight excluding hydrogens is 332 g/mol. The van der Waals surface area contributed by atoms with Crippen LogP contribution in [0.25, 0.3) is 0 Å². The summed E-state index contributed by atoms with van der Waals surface area (Å²) >= 11 is 5.25. The molecule has 0 aliphatic rings. The van der Waals surface area contributed by atoms with Crippen LogP contribution in [0.5, 0.6) is 5.75 Å². The Labute approximate surface area is 154 Å². The molecule has 0 bridgehead atoms. The van der Waals surface area contributed by atoms with Crippen molar-refractivity contribution in [3.63, 3.8) is 0 Å². The second kappa shape index (κ2) is 9.18. The summed E-state index contributed by atoms with van der Waals surface area (Å²) in [5.74, 6) is 0.781. The largest absolute Gasteiger partial charge is 0.484 e. The molecule has 0 aliphatic heterocycles. The molecule has 1 amide bonds. The van der Waals surface area contributed by atoms with Crippen molar-refractivity contribution in [2.75, 3.05) is 11.9 Å². The third kappa shape index (κ3) is 5.87. The van der Waals surface area contributed by atoms with Gasteiger partial charge in [-0.3, -0.25) is 10.1 Å². The predicted octanol–water partition coefficient (Wildman–Crippen LogP) is 4.40. The minimum Gasteiger partial charge on any atom is -0.484 e. The maximum atomic E-state index is 12.0. The van der Waals surface area contributed by atoms with Gasteiger partial charge in [0.15, 0.2) is 11.7 Å². The highest BCUT2D eigenvalue weighted by atomic mass is 32.1. The van der Waals surface area contributed by atoms with Gasteiger partial charge in [0.25, 0.3) is 5.91 Å². The Hall–Kier alpha value is -2.40. The molecule has 2 N–H and O–H groups in total. The predicted molar refractivity (Wildman–Crippen MR) is 106 cm³/mol. The summed E-state index contributed by atoms with van der Waals surface area (Å²) < 4.78 is 5.48. The molecule has 4 nitrogen and oxygen atoms in total. The van der Waals surface area contributed by atoms with E-state index in [-0.39, 0.29) is 17.6 Å². The molecule has 0 aromatic heterocycles. The highest BCUT2D eigenvalue weighted by molar-refractivity contribution is 7.80. The number of anilines is 1. The lowest BCUT2D eigenvalue weighted by atomic mass is 9.97. The molecular formula is C20H24N2O2S. The van der Waals surface area contributed by atoms with Gasteiger partial charge in [-0.1, -0.05) is 44.2 Å². The summed E-state index contributed by atoms with van der Waals surface area (Å²) in [6.45, 7) is 6.20. The summed E-state index contributed by atoms with van der Waals surface area (Å²) in [4.78, 5) is 12.0. The van der Waals surface area contributed by atoms with Crippen LogP contribution in [0.15, 0.2) is 48.5 Å². The first-order valence-electron chi connectivity index (χ1n) is 8.38. The Balaban J connectivity index is 1.89. The third-order valence-electron chi connectivity index (χ3n) is 3.96. The van der Waals surface area contributed by atoms with Crippen LogP contribution in [0, 0.1) is 6.92 Å². The molecule has 132 valence electrons. The van der Waals surface area contributed by atoms with Crippen molar-refractivity contribution < 1.29 is 9.53 Å². The molecule has 0 saturated carbocycles. The number of hydrogen-bond donors (Lipinski definition) is 2. The number of rotatable bonds is 6. The fourth-order valence-corrected chi connectivity index (χ4v) is 2.65. The van der Waals surface area contributed by atoms with E-state index in [4.69, 9.17) is 17.0 Å². The molecule has 0 unspecified atom stereocenters. The van der Waals surface area contributed by atoms with E-state index in [0.717, 1.165) is 17.7 Å². The van der Waals surface area contributed by atoms with Crippen LogP contribution in [-0.2, 0) is 4.79 Å². The number of nitrogens with one attached hydrogen (secondary N) is 2. The van der Waals surface area contributed by atoms with E-state index in [1.165, 1.54) is 5.56 Å². The van der Waals surface area contributed by atoms with E-state index in [2.05, 4.69) is 30.5 Å². The van der Waals surface area contributed by atoms with Crippen molar-refractivity contribution in [2.45, 2.75) is 33.1 Å². The summed E-state index contributed by atoms with van der Waals surface area (Å²) in [7, 11) is 0. The monoisotopic (exact) mass is 356 g/mol. The van der Waals surface area contributed by atoms with E-state index in [0.29, 0.717) is 11.7 Å². The Morgan fingerprint density at radius 1 is 1.20 bits per heavy atom. The van der Waals surface area contributed by atoms with Crippen LogP contribution in [0.1, 0.15) is 37.3 Å². The molecule has 2 aromatic rings. The van der Waals surface area contributed by atoms with Gasteiger partial charge in [0.1, 0.15) is 5.75 Å². The quantitative estimate of drug-likeness (QED) is 0.753. The zero-order valence-corrected chi connectivity index (χ0v) is 15.7. The van der Waals surface area contributed by atoms with Gasteiger partial charge in [0, 0.05) is 5.69 Å². The molecule has 0 saturated heterocycles. The number of carbonyl (C=O) groups is 1. The number of thiocarbonyl (C=S) groups is 1. The summed E-state index contributed by atoms with van der Waals surface area (Å²) in [5, 5.41) is 6.03. The maximum Gasteiger partial charge on any atom is 0.264 e. The lowest BCUT2D eigenvalue weighted by molar-refractivity contribution is -0.121. The van der Waals surface area contributed by atoms with Crippen LogP contribution >= 0.6 is 12.2 Å². The van der Waals surface area contributed by atoms with Gasteiger partial charge in [0.2, 0.25) is 0 Å². The molecule has 0 fully saturated rings. The van der Waals surface area contributed by atoms with Crippen LogP contribution in [0.2, 0.25) is 0 Å². The lowest BCUT2D eigenvalue weighted by Gasteiger charge is -2.17. The summed E-state index contributed by atoms with van der Waals surface area (Å²) in [5.41, 5.74) is 3.18. The van der Waals surface area contributed by atoms with Gasteiger partial charge in [-0.25, -0.2) is 0 Å². The van der Waals surface area contributed by atoms with Crippen molar-refractivity contribution in [2.24, 2.45) is 0 Å².